The molecule has 0 unspecified atom stereocenters. The van der Waals surface area contributed by atoms with E-state index in [0.717, 1.165) is 11.8 Å². The summed E-state index contributed by atoms with van der Waals surface area (Å²) in [5.74, 6) is 0. The van der Waals surface area contributed by atoms with E-state index in [-0.39, 0.29) is 0 Å². The van der Waals surface area contributed by atoms with Crippen molar-refractivity contribution in [2.24, 2.45) is 4.99 Å². The molecule has 17 heavy (non-hydrogen) atoms. The minimum atomic E-state index is -1.43. The quantitative estimate of drug-likeness (QED) is 0.495. The van der Waals surface area contributed by atoms with Crippen molar-refractivity contribution < 1.29 is 20.4 Å². The van der Waals surface area contributed by atoms with Crippen molar-refractivity contribution in [1.29, 1.82) is 0 Å². The van der Waals surface area contributed by atoms with Crippen LogP contribution in [0.15, 0.2) is 35.3 Å². The lowest BCUT2D eigenvalue weighted by molar-refractivity contribution is -0.0541. The number of benzene rings is 1. The molecule has 3 atom stereocenters. The fraction of sp³-hybridized carbons (Fsp3) is 0.417. The van der Waals surface area contributed by atoms with E-state index in [0.29, 0.717) is 6.54 Å². The third-order valence-corrected chi connectivity index (χ3v) is 2.31. The van der Waals surface area contributed by atoms with Crippen LogP contribution in [0.2, 0.25) is 0 Å². The summed E-state index contributed by atoms with van der Waals surface area (Å²) < 4.78 is 0. The molecule has 0 spiro atoms. The molecule has 1 rings (SSSR count). The molecule has 5 heteroatoms. The third kappa shape index (κ3) is 4.62. The maximum Gasteiger partial charge on any atom is 0.117 e. The van der Waals surface area contributed by atoms with Crippen LogP contribution in [0.25, 0.3) is 0 Å². The largest absolute Gasteiger partial charge is 0.394 e. The highest BCUT2D eigenvalue weighted by atomic mass is 16.4. The van der Waals surface area contributed by atoms with Gasteiger partial charge in [-0.1, -0.05) is 30.3 Å². The van der Waals surface area contributed by atoms with Gasteiger partial charge in [-0.05, 0) is 5.56 Å². The van der Waals surface area contributed by atoms with E-state index in [1.165, 1.54) is 0 Å². The number of aliphatic hydroxyl groups excluding tert-OH is 4. The predicted molar refractivity (Wildman–Crippen MR) is 63.7 cm³/mol. The number of hydrogen-bond donors (Lipinski definition) is 4. The first kappa shape index (κ1) is 13.8. The minimum absolute atomic E-state index is 0.389. The van der Waals surface area contributed by atoms with Gasteiger partial charge < -0.3 is 20.4 Å². The summed E-state index contributed by atoms with van der Waals surface area (Å²) in [6, 6.07) is 9.44. The first-order valence-electron chi connectivity index (χ1n) is 5.34. The molecule has 0 aliphatic carbocycles. The third-order valence-electron chi connectivity index (χ3n) is 2.31. The Morgan fingerprint density at radius 2 is 1.76 bits per heavy atom. The van der Waals surface area contributed by atoms with Crippen molar-refractivity contribution >= 4 is 6.21 Å². The lowest BCUT2D eigenvalue weighted by atomic mass is 10.1. The Kier molecular flexibility index (Phi) is 5.79. The van der Waals surface area contributed by atoms with Crippen molar-refractivity contribution in [2.75, 3.05) is 6.61 Å². The van der Waals surface area contributed by atoms with Gasteiger partial charge in [0.05, 0.1) is 13.2 Å². The molecule has 0 heterocycles. The van der Waals surface area contributed by atoms with E-state index in [9.17, 15) is 10.2 Å². The van der Waals surface area contributed by atoms with Gasteiger partial charge in [-0.3, -0.25) is 4.99 Å². The molecule has 1 aromatic carbocycles. The van der Waals surface area contributed by atoms with E-state index >= 15 is 0 Å². The average molecular weight is 239 g/mol. The Labute approximate surface area is 99.7 Å². The summed E-state index contributed by atoms with van der Waals surface area (Å²) in [6.45, 7) is -0.218. The molecule has 0 fully saturated rings. The topological polar surface area (TPSA) is 93.3 Å². The Morgan fingerprint density at radius 3 is 2.35 bits per heavy atom. The summed E-state index contributed by atoms with van der Waals surface area (Å²) >= 11 is 0. The fourth-order valence-electron chi connectivity index (χ4n) is 1.27. The molecule has 5 nitrogen and oxygen atoms in total. The Hall–Kier alpha value is -1.27. The van der Waals surface area contributed by atoms with E-state index in [2.05, 4.69) is 4.99 Å². The molecule has 0 aromatic heterocycles. The first-order valence-corrected chi connectivity index (χ1v) is 5.34. The van der Waals surface area contributed by atoms with Gasteiger partial charge >= 0.3 is 0 Å². The van der Waals surface area contributed by atoms with Crippen molar-refractivity contribution in [2.45, 2.75) is 24.9 Å². The molecule has 0 bridgehead atoms. The highest BCUT2D eigenvalue weighted by Crippen LogP contribution is 2.01. The van der Waals surface area contributed by atoms with Crippen molar-refractivity contribution in [3.05, 3.63) is 35.9 Å². The second-order valence-electron chi connectivity index (χ2n) is 3.71. The van der Waals surface area contributed by atoms with Crippen LogP contribution in [0.1, 0.15) is 5.56 Å². The van der Waals surface area contributed by atoms with Crippen LogP contribution in [-0.4, -0.2) is 51.6 Å². The zero-order valence-electron chi connectivity index (χ0n) is 9.35. The molecule has 0 aliphatic heterocycles. The van der Waals surface area contributed by atoms with Crippen LogP contribution in [0.3, 0.4) is 0 Å². The van der Waals surface area contributed by atoms with Crippen LogP contribution in [0, 0.1) is 0 Å². The molecule has 0 radical (unpaired) electrons. The number of hydrogen-bond acceptors (Lipinski definition) is 5. The van der Waals surface area contributed by atoms with Crippen LogP contribution >= 0.6 is 0 Å². The number of nitrogens with zero attached hydrogens (tertiary/aromatic N) is 1. The number of aliphatic hydroxyl groups is 4. The van der Waals surface area contributed by atoms with Gasteiger partial charge in [0.1, 0.15) is 18.3 Å². The number of rotatable bonds is 6. The molecule has 0 aliphatic rings. The highest BCUT2D eigenvalue weighted by molar-refractivity contribution is 5.63. The van der Waals surface area contributed by atoms with Crippen LogP contribution < -0.4 is 0 Å². The summed E-state index contributed by atoms with van der Waals surface area (Å²) in [6.07, 6.45) is -2.93. The Bertz CT molecular complexity index is 342. The molecule has 4 N–H and O–H groups in total. The highest BCUT2D eigenvalue weighted by Gasteiger charge is 2.22. The normalized spacial score (nSPS) is 16.9. The lowest BCUT2D eigenvalue weighted by Gasteiger charge is -2.18. The molecular formula is C12H17NO4. The SMILES string of the molecule is OC[C@@H](O)[C@H](O)[C@@H](O)C=NCc1ccccc1. The minimum Gasteiger partial charge on any atom is -0.394 e. The molecular weight excluding hydrogens is 222 g/mol. The van der Waals surface area contributed by atoms with Crippen LogP contribution in [-0.2, 0) is 6.54 Å². The first-order chi connectivity index (χ1) is 8.15. The van der Waals surface area contributed by atoms with Gasteiger partial charge in [-0.25, -0.2) is 0 Å². The summed E-state index contributed by atoms with van der Waals surface area (Å²) in [4.78, 5) is 3.95. The van der Waals surface area contributed by atoms with Gasteiger partial charge in [0.15, 0.2) is 0 Å². The van der Waals surface area contributed by atoms with Crippen LogP contribution in [0.4, 0.5) is 0 Å². The van der Waals surface area contributed by atoms with Crippen LogP contribution in [0.5, 0.6) is 0 Å². The van der Waals surface area contributed by atoms with Gasteiger partial charge in [-0.2, -0.15) is 0 Å². The maximum absolute atomic E-state index is 9.43. The van der Waals surface area contributed by atoms with Gasteiger partial charge in [0.25, 0.3) is 0 Å². The smallest absolute Gasteiger partial charge is 0.117 e. The zero-order chi connectivity index (χ0) is 12.7. The van der Waals surface area contributed by atoms with E-state index in [1.807, 2.05) is 30.3 Å². The molecule has 0 saturated carbocycles. The van der Waals surface area contributed by atoms with E-state index in [1.54, 1.807) is 0 Å². The molecule has 0 amide bonds. The molecule has 94 valence electrons. The average Bonchev–Trinajstić information content (AvgIpc) is 2.38. The van der Waals surface area contributed by atoms with Crippen molar-refractivity contribution in [3.63, 3.8) is 0 Å². The van der Waals surface area contributed by atoms with E-state index in [4.69, 9.17) is 10.2 Å². The summed E-state index contributed by atoms with van der Waals surface area (Å²) in [7, 11) is 0. The van der Waals surface area contributed by atoms with E-state index < -0.39 is 24.9 Å². The zero-order valence-corrected chi connectivity index (χ0v) is 9.35. The maximum atomic E-state index is 9.43. The Morgan fingerprint density at radius 1 is 1.12 bits per heavy atom. The molecule has 1 aromatic rings. The number of aliphatic imine (C=N–C) groups is 1. The van der Waals surface area contributed by atoms with Gasteiger partial charge in [0, 0.05) is 6.21 Å². The standard InChI is InChI=1S/C12H17NO4/c14-8-11(16)12(17)10(15)7-13-6-9-4-2-1-3-5-9/h1-5,7,10-12,14-17H,6,8H2/t10-,11+,12+/m0/s1. The van der Waals surface area contributed by atoms with Gasteiger partial charge in [-0.15, -0.1) is 0 Å². The summed E-state index contributed by atoms with van der Waals surface area (Å²) in [5.41, 5.74) is 0.980. The Balaban J connectivity index is 2.43. The molecule has 0 saturated heterocycles. The van der Waals surface area contributed by atoms with Crippen molar-refractivity contribution in [3.8, 4) is 0 Å². The fourth-order valence-corrected chi connectivity index (χ4v) is 1.27. The summed E-state index contributed by atoms with van der Waals surface area (Å²) in [5, 5.41) is 36.4. The van der Waals surface area contributed by atoms with Gasteiger partial charge in [0.2, 0.25) is 0 Å². The van der Waals surface area contributed by atoms with Crippen molar-refractivity contribution in [1.82, 2.24) is 0 Å². The monoisotopic (exact) mass is 239 g/mol. The predicted octanol–water partition coefficient (Wildman–Crippen LogP) is -0.668. The lowest BCUT2D eigenvalue weighted by Crippen LogP contribution is -2.40. The second kappa shape index (κ2) is 7.13. The second-order valence-corrected chi connectivity index (χ2v) is 3.71.